The number of aryl methyl sites for hydroxylation is 11. The summed E-state index contributed by atoms with van der Waals surface area (Å²) in [6.45, 7) is 14.7. The highest BCUT2D eigenvalue weighted by Crippen LogP contribution is 2.32. The van der Waals surface area contributed by atoms with Crippen LogP contribution in [0.5, 0.6) is 0 Å². The zero-order valence-corrected chi connectivity index (χ0v) is 52.1. The fourth-order valence-corrected chi connectivity index (χ4v) is 11.5. The van der Waals surface area contributed by atoms with Gasteiger partial charge >= 0.3 is 40.3 Å². The Labute approximate surface area is 540 Å². The molecule has 12 nitrogen and oxygen atoms in total. The molecule has 462 valence electrons. The van der Waals surface area contributed by atoms with E-state index >= 15 is 0 Å². The molecule has 0 aliphatic rings. The number of pyridine rings is 4. The van der Waals surface area contributed by atoms with E-state index in [2.05, 4.69) is 207 Å². The first-order valence-electron chi connectivity index (χ1n) is 29.7. The third-order valence-electron chi connectivity index (χ3n) is 16.5. The number of benzene rings is 7. The van der Waals surface area contributed by atoms with Crippen molar-refractivity contribution in [3.8, 4) is 79.4 Å². The molecule has 0 unspecified atom stereocenters. The number of oxazole rings is 4. The van der Waals surface area contributed by atoms with Crippen molar-refractivity contribution in [2.24, 2.45) is 28.2 Å². The van der Waals surface area contributed by atoms with Crippen LogP contribution >= 0.6 is 0 Å². The molecule has 15 rings (SSSR count). The van der Waals surface area contributed by atoms with Crippen LogP contribution in [0.3, 0.4) is 0 Å². The Morgan fingerprint density at radius 3 is 1.05 bits per heavy atom. The SMILES string of the molecule is C.C.C.Cc1ccc(-c2nc3c(ccc(-c4ccccc4C)[n+]3C)o2)cc1.Cc1ccccc1-c1ccc2ncoc2[n+]1C.Cc1ccccc1-c1ccc2oc(-c3c(C)cccc3C)nc2[n+]1C.Cc1ccccc1-c1ccc2oc(-c3ccccc3)nc2[n+]1C. The Hall–Kier alpha value is -11.0. The van der Waals surface area contributed by atoms with Gasteiger partial charge < -0.3 is 17.7 Å². The van der Waals surface area contributed by atoms with Crippen molar-refractivity contribution in [1.29, 1.82) is 0 Å². The molecule has 0 amide bonds. The van der Waals surface area contributed by atoms with Crippen LogP contribution in [0.15, 0.2) is 242 Å². The quantitative estimate of drug-likeness (QED) is 0.145. The van der Waals surface area contributed by atoms with Gasteiger partial charge in [0.1, 0.15) is 24.1 Å². The van der Waals surface area contributed by atoms with Gasteiger partial charge in [0.05, 0.1) is 37.8 Å². The fraction of sp³-hybridized carbons (Fsp3) is 0.175. The van der Waals surface area contributed by atoms with Crippen molar-refractivity contribution >= 4 is 44.9 Å². The van der Waals surface area contributed by atoms with E-state index in [1.54, 1.807) is 0 Å². The highest BCUT2D eigenvalue weighted by molar-refractivity contribution is 5.77. The molecular formula is C80H82N8O4+4. The van der Waals surface area contributed by atoms with E-state index < -0.39 is 0 Å². The smallest absolute Gasteiger partial charge is 0.401 e. The first-order chi connectivity index (χ1) is 43.2. The van der Waals surface area contributed by atoms with Gasteiger partial charge in [-0.1, -0.05) is 167 Å². The fourth-order valence-electron chi connectivity index (χ4n) is 11.5. The molecule has 0 aliphatic carbocycles. The van der Waals surface area contributed by atoms with E-state index in [9.17, 15) is 0 Å². The van der Waals surface area contributed by atoms with E-state index in [-0.39, 0.29) is 22.3 Å². The van der Waals surface area contributed by atoms with Gasteiger partial charge in [-0.25, -0.2) is 18.7 Å². The molecule has 0 fully saturated rings. The first-order valence-corrected chi connectivity index (χ1v) is 29.7. The minimum atomic E-state index is 0. The molecule has 0 saturated carbocycles. The summed E-state index contributed by atoms with van der Waals surface area (Å²) in [5.41, 5.74) is 27.6. The van der Waals surface area contributed by atoms with Gasteiger partial charge in [0.15, 0.2) is 11.9 Å². The monoisotopic (exact) mass is 1220 g/mol. The van der Waals surface area contributed by atoms with Crippen LogP contribution < -0.4 is 18.3 Å². The second-order valence-electron chi connectivity index (χ2n) is 22.5. The number of rotatable bonds is 7. The molecule has 0 radical (unpaired) electrons. The third kappa shape index (κ3) is 13.2. The highest BCUT2D eigenvalue weighted by atomic mass is 16.4. The molecule has 0 spiro atoms. The number of hydrogen-bond acceptors (Lipinski definition) is 8. The van der Waals surface area contributed by atoms with E-state index in [0.717, 1.165) is 84.4 Å². The van der Waals surface area contributed by atoms with Gasteiger partial charge in [0.25, 0.3) is 0 Å². The lowest BCUT2D eigenvalue weighted by Gasteiger charge is -2.05. The van der Waals surface area contributed by atoms with Gasteiger partial charge in [-0.2, -0.15) is 4.57 Å². The number of nitrogens with zero attached hydrogens (tertiary/aromatic N) is 8. The molecular weight excluding hydrogens is 1140 g/mol. The average Bonchev–Trinajstić information content (AvgIpc) is 1.66. The van der Waals surface area contributed by atoms with E-state index in [1.165, 1.54) is 67.6 Å². The minimum absolute atomic E-state index is 0. The molecule has 0 N–H and O–H groups in total. The van der Waals surface area contributed by atoms with Crippen molar-refractivity contribution in [2.45, 2.75) is 70.7 Å². The van der Waals surface area contributed by atoms with Crippen LogP contribution in [0.4, 0.5) is 0 Å². The molecule has 92 heavy (non-hydrogen) atoms. The predicted octanol–water partition coefficient (Wildman–Crippen LogP) is 18.3. The Bertz CT molecular complexity index is 5040. The molecule has 8 aromatic heterocycles. The Balaban J connectivity index is 0.000000145. The van der Waals surface area contributed by atoms with Crippen LogP contribution in [-0.4, -0.2) is 19.9 Å². The molecule has 15 aromatic rings. The zero-order chi connectivity index (χ0) is 61.9. The van der Waals surface area contributed by atoms with Crippen LogP contribution in [-0.2, 0) is 28.2 Å². The van der Waals surface area contributed by atoms with Gasteiger partial charge in [-0.15, -0.1) is 0 Å². The molecule has 0 saturated heterocycles. The molecule has 7 aromatic carbocycles. The van der Waals surface area contributed by atoms with Crippen LogP contribution in [0.2, 0.25) is 0 Å². The lowest BCUT2D eigenvalue weighted by molar-refractivity contribution is -0.640. The topological polar surface area (TPSA) is 120 Å². The van der Waals surface area contributed by atoms with Crippen molar-refractivity contribution in [1.82, 2.24) is 19.9 Å². The standard InChI is InChI=1S/C22H21N2O.C21H19N2O.C20H17N2O.C14H13N2O.3CH4/c1-14-8-5-6-11-17(14)18-12-13-19-21(24(18)4)23-22(25-19)20-15(2)9-7-10-16(20)3;1-14-8-10-16(11-9-14)21-22-20-19(24-21)13-12-18(23(20)3)17-7-5-4-6-15(17)2;1-14-8-6-7-11-16(14)17-12-13-18-19(22(17)2)21-20(23-18)15-9-4-3-5-10-15;1-10-5-3-4-6-11(10)13-8-7-12-14(16(13)2)17-9-15-12;;;/h5-13H,1-4H3;4-13H,1-3H3;3-13H,1-2H3;3-9H,1-2H3;3*1H4/q4*+1;;;. The molecule has 0 aliphatic heterocycles. The molecule has 12 heteroatoms. The lowest BCUT2D eigenvalue weighted by Crippen LogP contribution is -2.32. The van der Waals surface area contributed by atoms with Crippen molar-refractivity contribution < 1.29 is 35.9 Å². The minimum Gasteiger partial charge on any atom is -0.411 e. The average molecular weight is 1220 g/mol. The second-order valence-corrected chi connectivity index (χ2v) is 22.5. The summed E-state index contributed by atoms with van der Waals surface area (Å²) in [5, 5.41) is 0. The van der Waals surface area contributed by atoms with Crippen LogP contribution in [0.25, 0.3) is 124 Å². The van der Waals surface area contributed by atoms with Crippen molar-refractivity contribution in [3.05, 3.63) is 264 Å². The van der Waals surface area contributed by atoms with Gasteiger partial charge in [0.2, 0.25) is 22.4 Å². The van der Waals surface area contributed by atoms with E-state index in [4.69, 9.17) is 32.6 Å². The Morgan fingerprint density at radius 1 is 0.304 bits per heavy atom. The van der Waals surface area contributed by atoms with Gasteiger partial charge in [-0.3, -0.25) is 0 Å². The second kappa shape index (κ2) is 28.2. The van der Waals surface area contributed by atoms with Crippen LogP contribution in [0.1, 0.15) is 61.2 Å². The maximum Gasteiger partial charge on any atom is 0.401 e. The van der Waals surface area contributed by atoms with Crippen molar-refractivity contribution in [3.63, 3.8) is 0 Å². The number of hydrogen-bond donors (Lipinski definition) is 0. The summed E-state index contributed by atoms with van der Waals surface area (Å²) in [5.74, 6) is 1.99. The first kappa shape index (κ1) is 65.5. The summed E-state index contributed by atoms with van der Waals surface area (Å²) in [7, 11) is 8.10. The maximum atomic E-state index is 6.09. The normalized spacial score (nSPS) is 10.7. The summed E-state index contributed by atoms with van der Waals surface area (Å²) in [6, 6.07) is 74.3. The lowest BCUT2D eigenvalue weighted by atomic mass is 10.0. The molecule has 0 bridgehead atoms. The van der Waals surface area contributed by atoms with Gasteiger partial charge in [-0.05, 0) is 155 Å². The summed E-state index contributed by atoms with van der Waals surface area (Å²) in [4.78, 5) is 18.4. The van der Waals surface area contributed by atoms with Crippen LogP contribution in [0, 0.1) is 48.5 Å². The highest BCUT2D eigenvalue weighted by Gasteiger charge is 2.27. The summed E-state index contributed by atoms with van der Waals surface area (Å²) >= 11 is 0. The number of fused-ring (bicyclic) bond motifs is 4. The van der Waals surface area contributed by atoms with E-state index in [1.807, 2.05) is 112 Å². The van der Waals surface area contributed by atoms with E-state index in [0.29, 0.717) is 17.7 Å². The largest absolute Gasteiger partial charge is 0.411 e. The zero-order valence-electron chi connectivity index (χ0n) is 52.1. The number of aromatic nitrogens is 8. The summed E-state index contributed by atoms with van der Waals surface area (Å²) < 4.78 is 31.7. The molecule has 0 atom stereocenters. The Morgan fingerprint density at radius 2 is 0.641 bits per heavy atom. The maximum absolute atomic E-state index is 6.09. The van der Waals surface area contributed by atoms with Gasteiger partial charge in [0, 0.05) is 43.3 Å². The van der Waals surface area contributed by atoms with Crippen molar-refractivity contribution in [2.75, 3.05) is 0 Å². The summed E-state index contributed by atoms with van der Waals surface area (Å²) in [6.07, 6.45) is 1.48. The Kier molecular flexibility index (Phi) is 20.1. The third-order valence-corrected chi connectivity index (χ3v) is 16.5. The molecule has 8 heterocycles. The predicted molar refractivity (Wildman–Crippen MR) is 372 cm³/mol.